The second kappa shape index (κ2) is 5.85. The summed E-state index contributed by atoms with van der Waals surface area (Å²) < 4.78 is 2.05. The number of aryl methyl sites for hydroxylation is 1. The molecule has 0 atom stereocenters. The fourth-order valence-electron chi connectivity index (χ4n) is 3.45. The average Bonchev–Trinajstić information content (AvgIpc) is 3.12. The molecule has 2 heterocycles. The van der Waals surface area contributed by atoms with Gasteiger partial charge in [0.15, 0.2) is 0 Å². The third-order valence-electron chi connectivity index (χ3n) is 4.87. The van der Waals surface area contributed by atoms with Crippen LogP contribution in [0.4, 0.5) is 0 Å². The Morgan fingerprint density at radius 3 is 2.27 bits per heavy atom. The van der Waals surface area contributed by atoms with Crippen LogP contribution in [0.3, 0.4) is 0 Å². The highest BCUT2D eigenvalue weighted by atomic mass is 15.0. The second-order valence-electron chi connectivity index (χ2n) is 6.73. The van der Waals surface area contributed by atoms with Crippen molar-refractivity contribution in [3.05, 3.63) is 96.8 Å². The fraction of sp³-hybridized carbons (Fsp3) is 0.0417. The number of pyridine rings is 1. The summed E-state index contributed by atoms with van der Waals surface area (Å²) in [6.45, 7) is 2.13. The van der Waals surface area contributed by atoms with E-state index in [1.165, 1.54) is 27.5 Å². The Kier molecular flexibility index (Phi) is 3.36. The number of hydrogen-bond donors (Lipinski definition) is 0. The van der Waals surface area contributed by atoms with Crippen LogP contribution < -0.4 is 0 Å². The molecule has 5 aromatic rings. The van der Waals surface area contributed by atoms with Gasteiger partial charge in [-0.05, 0) is 47.0 Å². The summed E-state index contributed by atoms with van der Waals surface area (Å²) in [4.78, 5) is 4.70. The van der Waals surface area contributed by atoms with E-state index in [4.69, 9.17) is 4.98 Å². The number of hydrogen-bond acceptors (Lipinski definition) is 1. The first-order valence-electron chi connectivity index (χ1n) is 8.81. The molecule has 5 rings (SSSR count). The van der Waals surface area contributed by atoms with Crippen LogP contribution in [0.5, 0.6) is 0 Å². The van der Waals surface area contributed by atoms with E-state index in [1.54, 1.807) is 0 Å². The molecule has 0 amide bonds. The van der Waals surface area contributed by atoms with Gasteiger partial charge in [-0.2, -0.15) is 0 Å². The quantitative estimate of drug-likeness (QED) is 0.379. The maximum Gasteiger partial charge on any atom is 0.137 e. The molecule has 2 aromatic heterocycles. The summed E-state index contributed by atoms with van der Waals surface area (Å²) in [6, 6.07) is 27.9. The average molecular weight is 334 g/mol. The van der Waals surface area contributed by atoms with Gasteiger partial charge in [-0.25, -0.2) is 4.98 Å². The molecule has 26 heavy (non-hydrogen) atoms. The molecule has 0 unspecified atom stereocenters. The third-order valence-corrected chi connectivity index (χ3v) is 4.87. The van der Waals surface area contributed by atoms with Crippen LogP contribution in [0.25, 0.3) is 38.8 Å². The Bertz CT molecular complexity index is 1200. The maximum absolute atomic E-state index is 4.70. The SMILES string of the molecule is Cc1ccc2cc(-c3ccc(-c4cn5ccccc5n4)cc3)ccc2c1. The summed E-state index contributed by atoms with van der Waals surface area (Å²) in [5.74, 6) is 0. The van der Waals surface area contributed by atoms with Crippen LogP contribution in [0.15, 0.2) is 91.3 Å². The molecule has 2 heteroatoms. The number of benzene rings is 3. The normalized spacial score (nSPS) is 11.3. The molecule has 0 saturated heterocycles. The van der Waals surface area contributed by atoms with E-state index in [0.717, 1.165) is 16.9 Å². The minimum atomic E-state index is 0.969. The van der Waals surface area contributed by atoms with Gasteiger partial charge >= 0.3 is 0 Å². The molecule has 0 aliphatic rings. The highest BCUT2D eigenvalue weighted by Gasteiger charge is 2.05. The zero-order valence-corrected chi connectivity index (χ0v) is 14.6. The first-order chi connectivity index (χ1) is 12.8. The molecule has 124 valence electrons. The largest absolute Gasteiger partial charge is 0.306 e. The molecule has 0 fully saturated rings. The lowest BCUT2D eigenvalue weighted by Crippen LogP contribution is -1.82. The predicted molar refractivity (Wildman–Crippen MR) is 108 cm³/mol. The van der Waals surface area contributed by atoms with Crippen LogP contribution in [-0.2, 0) is 0 Å². The topological polar surface area (TPSA) is 17.3 Å². The molecule has 0 spiro atoms. The lowest BCUT2D eigenvalue weighted by atomic mass is 9.99. The van der Waals surface area contributed by atoms with E-state index in [1.807, 2.05) is 24.4 Å². The fourth-order valence-corrected chi connectivity index (χ4v) is 3.45. The van der Waals surface area contributed by atoms with Crippen molar-refractivity contribution >= 4 is 16.4 Å². The van der Waals surface area contributed by atoms with E-state index in [2.05, 4.69) is 78.2 Å². The summed E-state index contributed by atoms with van der Waals surface area (Å²) in [7, 11) is 0. The predicted octanol–water partition coefficient (Wildman–Crippen LogP) is 6.13. The third kappa shape index (κ3) is 2.56. The van der Waals surface area contributed by atoms with Gasteiger partial charge < -0.3 is 4.40 Å². The molecule has 2 nitrogen and oxygen atoms in total. The van der Waals surface area contributed by atoms with Crippen molar-refractivity contribution < 1.29 is 0 Å². The highest BCUT2D eigenvalue weighted by Crippen LogP contribution is 2.27. The summed E-state index contributed by atoms with van der Waals surface area (Å²) in [5.41, 5.74) is 6.85. The molecule has 3 aromatic carbocycles. The van der Waals surface area contributed by atoms with Crippen molar-refractivity contribution in [2.24, 2.45) is 0 Å². The Morgan fingerprint density at radius 1 is 0.692 bits per heavy atom. The Hall–Kier alpha value is -3.39. The van der Waals surface area contributed by atoms with Gasteiger partial charge in [0.1, 0.15) is 5.65 Å². The molecule has 0 N–H and O–H groups in total. The standard InChI is InChI=1S/C24H18N2/c1-17-5-6-22-15-21(12-11-20(22)14-17)18-7-9-19(10-8-18)23-16-26-13-3-2-4-24(26)25-23/h2-16H,1H3. The van der Waals surface area contributed by atoms with E-state index in [-0.39, 0.29) is 0 Å². The minimum Gasteiger partial charge on any atom is -0.306 e. The first-order valence-corrected chi connectivity index (χ1v) is 8.81. The van der Waals surface area contributed by atoms with Crippen molar-refractivity contribution in [1.82, 2.24) is 9.38 Å². The smallest absolute Gasteiger partial charge is 0.137 e. The van der Waals surface area contributed by atoms with Crippen LogP contribution in [0.2, 0.25) is 0 Å². The van der Waals surface area contributed by atoms with E-state index in [0.29, 0.717) is 0 Å². The maximum atomic E-state index is 4.70. The highest BCUT2D eigenvalue weighted by molar-refractivity contribution is 5.88. The Balaban J connectivity index is 1.52. The van der Waals surface area contributed by atoms with Crippen LogP contribution in [0.1, 0.15) is 5.56 Å². The monoisotopic (exact) mass is 334 g/mol. The van der Waals surface area contributed by atoms with Crippen molar-refractivity contribution in [1.29, 1.82) is 0 Å². The van der Waals surface area contributed by atoms with Gasteiger partial charge in [0, 0.05) is 18.0 Å². The van der Waals surface area contributed by atoms with Gasteiger partial charge in [-0.3, -0.25) is 0 Å². The van der Waals surface area contributed by atoms with Gasteiger partial charge in [0.25, 0.3) is 0 Å². The minimum absolute atomic E-state index is 0.969. The zero-order valence-electron chi connectivity index (χ0n) is 14.6. The van der Waals surface area contributed by atoms with Crippen LogP contribution >= 0.6 is 0 Å². The first kappa shape index (κ1) is 14.9. The zero-order chi connectivity index (χ0) is 17.5. The van der Waals surface area contributed by atoms with Gasteiger partial charge in [0.05, 0.1) is 5.69 Å². The number of rotatable bonds is 2. The van der Waals surface area contributed by atoms with Gasteiger partial charge in [-0.1, -0.05) is 66.2 Å². The number of aromatic nitrogens is 2. The summed E-state index contributed by atoms with van der Waals surface area (Å²) >= 11 is 0. The molecular formula is C24H18N2. The summed E-state index contributed by atoms with van der Waals surface area (Å²) in [6.07, 6.45) is 4.10. The van der Waals surface area contributed by atoms with E-state index < -0.39 is 0 Å². The van der Waals surface area contributed by atoms with Crippen molar-refractivity contribution in [3.8, 4) is 22.4 Å². The lowest BCUT2D eigenvalue weighted by molar-refractivity contribution is 1.19. The number of nitrogens with zero attached hydrogens (tertiary/aromatic N) is 2. The molecular weight excluding hydrogens is 316 g/mol. The summed E-state index contributed by atoms with van der Waals surface area (Å²) in [5, 5.41) is 2.56. The van der Waals surface area contributed by atoms with E-state index >= 15 is 0 Å². The van der Waals surface area contributed by atoms with Crippen molar-refractivity contribution in [2.75, 3.05) is 0 Å². The molecule has 0 saturated carbocycles. The van der Waals surface area contributed by atoms with Gasteiger partial charge in [0.2, 0.25) is 0 Å². The Morgan fingerprint density at radius 2 is 1.42 bits per heavy atom. The van der Waals surface area contributed by atoms with E-state index in [9.17, 15) is 0 Å². The lowest BCUT2D eigenvalue weighted by Gasteiger charge is -2.06. The van der Waals surface area contributed by atoms with Crippen LogP contribution in [-0.4, -0.2) is 9.38 Å². The molecule has 0 aliphatic carbocycles. The molecule has 0 radical (unpaired) electrons. The van der Waals surface area contributed by atoms with Gasteiger partial charge in [-0.15, -0.1) is 0 Å². The van der Waals surface area contributed by atoms with Crippen LogP contribution in [0, 0.1) is 6.92 Å². The van der Waals surface area contributed by atoms with Crippen molar-refractivity contribution in [2.45, 2.75) is 6.92 Å². The number of fused-ring (bicyclic) bond motifs is 2. The molecule has 0 bridgehead atoms. The number of imidazole rings is 1. The molecule has 0 aliphatic heterocycles. The van der Waals surface area contributed by atoms with Crippen molar-refractivity contribution in [3.63, 3.8) is 0 Å². The Labute approximate surface area is 152 Å². The second-order valence-corrected chi connectivity index (χ2v) is 6.73.